The monoisotopic (exact) mass is 303 g/mol. The fourth-order valence-corrected chi connectivity index (χ4v) is 2.68. The Morgan fingerprint density at radius 3 is 2.86 bits per heavy atom. The number of hydrogen-bond acceptors (Lipinski definition) is 2. The molecule has 1 saturated heterocycles. The van der Waals surface area contributed by atoms with Crippen LogP contribution < -0.4 is 10.6 Å². The van der Waals surface area contributed by atoms with Crippen LogP contribution >= 0.6 is 0 Å². The molecule has 5 heteroatoms. The van der Waals surface area contributed by atoms with Gasteiger partial charge in [0.1, 0.15) is 0 Å². The molecular weight excluding hydrogens is 278 g/mol. The maximum absolute atomic E-state index is 12.4. The first-order chi connectivity index (χ1) is 10.6. The van der Waals surface area contributed by atoms with Gasteiger partial charge in [-0.25, -0.2) is 4.79 Å². The number of urea groups is 1. The SMILES string of the molecule is CCC(=O)N[C@H]1CCCN(C(=O)Nc2cccc(CC)c2)C1. The summed E-state index contributed by atoms with van der Waals surface area (Å²) in [5.41, 5.74) is 2.02. The minimum Gasteiger partial charge on any atom is -0.352 e. The Morgan fingerprint density at radius 2 is 2.14 bits per heavy atom. The smallest absolute Gasteiger partial charge is 0.321 e. The number of anilines is 1. The number of carbonyl (C=O) groups is 2. The van der Waals surface area contributed by atoms with Gasteiger partial charge in [-0.05, 0) is 37.0 Å². The van der Waals surface area contributed by atoms with Crippen LogP contribution in [0.15, 0.2) is 24.3 Å². The largest absolute Gasteiger partial charge is 0.352 e. The summed E-state index contributed by atoms with van der Waals surface area (Å²) in [5, 5.41) is 5.92. The van der Waals surface area contributed by atoms with Crippen molar-refractivity contribution in [2.24, 2.45) is 0 Å². The molecule has 3 amide bonds. The van der Waals surface area contributed by atoms with Crippen molar-refractivity contribution in [2.45, 2.75) is 45.6 Å². The highest BCUT2D eigenvalue weighted by Crippen LogP contribution is 2.15. The number of nitrogens with zero attached hydrogens (tertiary/aromatic N) is 1. The van der Waals surface area contributed by atoms with Crippen molar-refractivity contribution in [3.05, 3.63) is 29.8 Å². The van der Waals surface area contributed by atoms with E-state index >= 15 is 0 Å². The van der Waals surface area contributed by atoms with Crippen molar-refractivity contribution < 1.29 is 9.59 Å². The normalized spacial score (nSPS) is 17.9. The molecule has 0 unspecified atom stereocenters. The predicted octanol–water partition coefficient (Wildman–Crippen LogP) is 2.77. The zero-order chi connectivity index (χ0) is 15.9. The first kappa shape index (κ1) is 16.3. The lowest BCUT2D eigenvalue weighted by Crippen LogP contribution is -2.50. The molecule has 1 fully saturated rings. The topological polar surface area (TPSA) is 61.4 Å². The number of amides is 3. The van der Waals surface area contributed by atoms with Gasteiger partial charge >= 0.3 is 6.03 Å². The van der Waals surface area contributed by atoms with E-state index in [4.69, 9.17) is 0 Å². The van der Waals surface area contributed by atoms with E-state index in [1.165, 1.54) is 5.56 Å². The van der Waals surface area contributed by atoms with E-state index in [9.17, 15) is 9.59 Å². The molecule has 5 nitrogen and oxygen atoms in total. The van der Waals surface area contributed by atoms with E-state index in [-0.39, 0.29) is 18.0 Å². The van der Waals surface area contributed by atoms with E-state index in [1.54, 1.807) is 4.90 Å². The van der Waals surface area contributed by atoms with Crippen LogP contribution in [0.25, 0.3) is 0 Å². The summed E-state index contributed by atoms with van der Waals surface area (Å²) in [4.78, 5) is 25.6. The number of aryl methyl sites for hydroxylation is 1. The van der Waals surface area contributed by atoms with Crippen LogP contribution in [0.2, 0.25) is 0 Å². The molecule has 1 aromatic carbocycles. The lowest BCUT2D eigenvalue weighted by molar-refractivity contribution is -0.121. The van der Waals surface area contributed by atoms with Crippen molar-refractivity contribution in [1.82, 2.24) is 10.2 Å². The molecule has 22 heavy (non-hydrogen) atoms. The standard InChI is InChI=1S/C17H25N3O2/c1-3-13-7-5-8-14(11-13)19-17(22)20-10-6-9-15(12-20)18-16(21)4-2/h5,7-8,11,15H,3-4,6,9-10,12H2,1-2H3,(H,18,21)(H,19,22)/t15-/m0/s1. The highest BCUT2D eigenvalue weighted by molar-refractivity contribution is 5.89. The molecule has 1 aliphatic rings. The molecule has 0 spiro atoms. The van der Waals surface area contributed by atoms with E-state index in [0.717, 1.165) is 31.5 Å². The van der Waals surface area contributed by atoms with Crippen LogP contribution in [0, 0.1) is 0 Å². The summed E-state index contributed by atoms with van der Waals surface area (Å²) in [5.74, 6) is 0.0444. The Morgan fingerprint density at radius 1 is 1.32 bits per heavy atom. The van der Waals surface area contributed by atoms with Gasteiger partial charge in [-0.1, -0.05) is 26.0 Å². The van der Waals surface area contributed by atoms with E-state index in [2.05, 4.69) is 17.6 Å². The number of piperidine rings is 1. The lowest BCUT2D eigenvalue weighted by Gasteiger charge is -2.33. The second kappa shape index (κ2) is 7.82. The van der Waals surface area contributed by atoms with Crippen LogP contribution in [-0.2, 0) is 11.2 Å². The maximum atomic E-state index is 12.4. The zero-order valence-corrected chi connectivity index (χ0v) is 13.4. The number of benzene rings is 1. The maximum Gasteiger partial charge on any atom is 0.321 e. The number of carbonyl (C=O) groups excluding carboxylic acids is 2. The molecule has 0 aliphatic carbocycles. The average molecular weight is 303 g/mol. The van der Waals surface area contributed by atoms with Gasteiger partial charge in [0.15, 0.2) is 0 Å². The molecule has 0 bridgehead atoms. The molecule has 1 aliphatic heterocycles. The molecule has 2 N–H and O–H groups in total. The van der Waals surface area contributed by atoms with Gasteiger partial charge in [0, 0.05) is 31.2 Å². The highest BCUT2D eigenvalue weighted by atomic mass is 16.2. The van der Waals surface area contributed by atoms with E-state index < -0.39 is 0 Å². The summed E-state index contributed by atoms with van der Waals surface area (Å²) >= 11 is 0. The fraction of sp³-hybridized carbons (Fsp3) is 0.529. The Bertz CT molecular complexity index is 530. The highest BCUT2D eigenvalue weighted by Gasteiger charge is 2.24. The molecule has 0 aromatic heterocycles. The van der Waals surface area contributed by atoms with Crippen molar-refractivity contribution in [1.29, 1.82) is 0 Å². The van der Waals surface area contributed by atoms with Crippen LogP contribution in [0.1, 0.15) is 38.7 Å². The molecule has 2 rings (SSSR count). The number of nitrogens with one attached hydrogen (secondary N) is 2. The number of hydrogen-bond donors (Lipinski definition) is 2. The van der Waals surface area contributed by atoms with Crippen LogP contribution in [0.3, 0.4) is 0 Å². The Labute approximate surface area is 132 Å². The quantitative estimate of drug-likeness (QED) is 0.898. The van der Waals surface area contributed by atoms with Crippen molar-refractivity contribution >= 4 is 17.6 Å². The van der Waals surface area contributed by atoms with Crippen molar-refractivity contribution in [3.8, 4) is 0 Å². The third kappa shape index (κ3) is 4.48. The van der Waals surface area contributed by atoms with E-state index in [1.807, 2.05) is 31.2 Å². The summed E-state index contributed by atoms with van der Waals surface area (Å²) in [6.07, 6.45) is 3.27. The number of likely N-dealkylation sites (tertiary alicyclic amines) is 1. The molecular formula is C17H25N3O2. The Hall–Kier alpha value is -2.04. The molecule has 1 aromatic rings. The summed E-state index contributed by atoms with van der Waals surface area (Å²) in [6, 6.07) is 7.87. The summed E-state index contributed by atoms with van der Waals surface area (Å²) in [6.45, 7) is 5.23. The molecule has 120 valence electrons. The minimum atomic E-state index is -0.0938. The van der Waals surface area contributed by atoms with Gasteiger partial charge in [0.05, 0.1) is 0 Å². The second-order valence-corrected chi connectivity index (χ2v) is 5.69. The molecule has 1 heterocycles. The summed E-state index contributed by atoms with van der Waals surface area (Å²) in [7, 11) is 0. The van der Waals surface area contributed by atoms with Crippen molar-refractivity contribution in [3.63, 3.8) is 0 Å². The van der Waals surface area contributed by atoms with Gasteiger partial charge in [-0.15, -0.1) is 0 Å². The molecule has 0 saturated carbocycles. The van der Waals surface area contributed by atoms with Crippen LogP contribution in [0.5, 0.6) is 0 Å². The van der Waals surface area contributed by atoms with Crippen LogP contribution in [0.4, 0.5) is 10.5 Å². The third-order valence-electron chi connectivity index (χ3n) is 3.98. The van der Waals surface area contributed by atoms with Gasteiger partial charge in [-0.3, -0.25) is 4.79 Å². The van der Waals surface area contributed by atoms with E-state index in [0.29, 0.717) is 13.0 Å². The second-order valence-electron chi connectivity index (χ2n) is 5.69. The van der Waals surface area contributed by atoms with Crippen molar-refractivity contribution in [2.75, 3.05) is 18.4 Å². The number of rotatable bonds is 4. The Balaban J connectivity index is 1.92. The average Bonchev–Trinajstić information content (AvgIpc) is 2.55. The molecule has 0 radical (unpaired) electrons. The lowest BCUT2D eigenvalue weighted by atomic mass is 10.1. The van der Waals surface area contributed by atoms with Gasteiger partial charge in [0.25, 0.3) is 0 Å². The van der Waals surface area contributed by atoms with Gasteiger partial charge in [-0.2, -0.15) is 0 Å². The fourth-order valence-electron chi connectivity index (χ4n) is 2.68. The first-order valence-electron chi connectivity index (χ1n) is 8.06. The van der Waals surface area contributed by atoms with Gasteiger partial charge < -0.3 is 15.5 Å². The zero-order valence-electron chi connectivity index (χ0n) is 13.4. The predicted molar refractivity (Wildman–Crippen MR) is 87.9 cm³/mol. The summed E-state index contributed by atoms with van der Waals surface area (Å²) < 4.78 is 0. The Kier molecular flexibility index (Phi) is 5.81. The minimum absolute atomic E-state index is 0.0444. The van der Waals surface area contributed by atoms with Crippen LogP contribution in [-0.4, -0.2) is 36.0 Å². The van der Waals surface area contributed by atoms with Gasteiger partial charge in [0.2, 0.25) is 5.91 Å². The first-order valence-corrected chi connectivity index (χ1v) is 8.06. The molecule has 1 atom stereocenters. The third-order valence-corrected chi connectivity index (χ3v) is 3.98.